The fraction of sp³-hybridized carbons (Fsp3) is 0.158. The monoisotopic (exact) mass is 385 g/mol. The van der Waals surface area contributed by atoms with Gasteiger partial charge in [-0.25, -0.2) is 9.78 Å². The van der Waals surface area contributed by atoms with Gasteiger partial charge < -0.3 is 14.5 Å². The van der Waals surface area contributed by atoms with Crippen molar-refractivity contribution >= 4 is 50.3 Å². The molecule has 0 saturated carbocycles. The summed E-state index contributed by atoms with van der Waals surface area (Å²) >= 11 is 7.45. The number of thiophene rings is 1. The zero-order valence-corrected chi connectivity index (χ0v) is 15.6. The summed E-state index contributed by atoms with van der Waals surface area (Å²) in [4.78, 5) is 17.1. The van der Waals surface area contributed by atoms with E-state index in [0.717, 1.165) is 27.1 Å². The lowest BCUT2D eigenvalue weighted by Gasteiger charge is -2.04. The molecular weight excluding hydrogens is 370 g/mol. The molecular formula is C19H16ClN3O2S. The number of imidazole rings is 1. The van der Waals surface area contributed by atoms with Crippen molar-refractivity contribution in [3.63, 3.8) is 0 Å². The van der Waals surface area contributed by atoms with E-state index in [4.69, 9.17) is 16.3 Å². The Bertz CT molecular complexity index is 1100. The second kappa shape index (κ2) is 6.97. The number of nitrogens with zero attached hydrogens (tertiary/aromatic N) is 2. The van der Waals surface area contributed by atoms with E-state index < -0.39 is 0 Å². The molecule has 0 aliphatic heterocycles. The van der Waals surface area contributed by atoms with Gasteiger partial charge in [-0.3, -0.25) is 0 Å². The highest BCUT2D eigenvalue weighted by Crippen LogP contribution is 2.29. The van der Waals surface area contributed by atoms with Gasteiger partial charge in [-0.05, 0) is 48.7 Å². The first-order valence-corrected chi connectivity index (χ1v) is 9.39. The Balaban J connectivity index is 1.51. The third-order valence-corrected chi connectivity index (χ3v) is 5.25. The van der Waals surface area contributed by atoms with Gasteiger partial charge in [0, 0.05) is 22.8 Å². The number of hydrogen-bond acceptors (Lipinski definition) is 5. The molecule has 132 valence electrons. The first-order chi connectivity index (χ1) is 12.6. The highest BCUT2D eigenvalue weighted by molar-refractivity contribution is 7.20. The van der Waals surface area contributed by atoms with Crippen LogP contribution in [0.1, 0.15) is 22.3 Å². The van der Waals surface area contributed by atoms with E-state index in [1.165, 1.54) is 11.3 Å². The predicted molar refractivity (Wildman–Crippen MR) is 105 cm³/mol. The normalized spacial score (nSPS) is 11.2. The third-order valence-electron chi connectivity index (χ3n) is 3.93. The van der Waals surface area contributed by atoms with Gasteiger partial charge in [-0.2, -0.15) is 0 Å². The second-order valence-corrected chi connectivity index (χ2v) is 7.30. The third kappa shape index (κ3) is 3.38. The van der Waals surface area contributed by atoms with Crippen molar-refractivity contribution < 1.29 is 9.53 Å². The van der Waals surface area contributed by atoms with Gasteiger partial charge in [0.1, 0.15) is 10.5 Å². The number of pyridine rings is 1. The average Bonchev–Trinajstić information content (AvgIpc) is 3.22. The van der Waals surface area contributed by atoms with Gasteiger partial charge in [0.15, 0.2) is 0 Å². The van der Waals surface area contributed by atoms with Crippen molar-refractivity contribution in [2.24, 2.45) is 0 Å². The number of aromatic nitrogens is 2. The Labute approximate surface area is 159 Å². The number of ether oxygens (including phenoxy) is 1. The summed E-state index contributed by atoms with van der Waals surface area (Å²) in [5.74, 6) is -0.272. The Morgan fingerprint density at radius 1 is 1.27 bits per heavy atom. The summed E-state index contributed by atoms with van der Waals surface area (Å²) < 4.78 is 8.03. The lowest BCUT2D eigenvalue weighted by atomic mass is 10.2. The lowest BCUT2D eigenvalue weighted by molar-refractivity contribution is 0.0532. The zero-order valence-electron chi connectivity index (χ0n) is 14.0. The zero-order chi connectivity index (χ0) is 18.1. The summed E-state index contributed by atoms with van der Waals surface area (Å²) in [7, 11) is 0. The van der Waals surface area contributed by atoms with Crippen molar-refractivity contribution in [3.8, 4) is 0 Å². The van der Waals surface area contributed by atoms with Crippen molar-refractivity contribution in [1.29, 1.82) is 0 Å². The molecule has 3 aromatic heterocycles. The van der Waals surface area contributed by atoms with Crippen molar-refractivity contribution in [2.45, 2.75) is 13.5 Å². The van der Waals surface area contributed by atoms with Crippen molar-refractivity contribution in [3.05, 3.63) is 64.4 Å². The quantitative estimate of drug-likeness (QED) is 0.491. The number of fused-ring (bicyclic) bond motifs is 2. The van der Waals surface area contributed by atoms with Crippen LogP contribution >= 0.6 is 22.9 Å². The molecule has 4 aromatic rings. The van der Waals surface area contributed by atoms with E-state index >= 15 is 0 Å². The molecule has 0 aliphatic carbocycles. The molecule has 0 spiro atoms. The number of nitrogens with one attached hydrogen (secondary N) is 1. The largest absolute Gasteiger partial charge is 0.462 e. The van der Waals surface area contributed by atoms with Gasteiger partial charge in [0.2, 0.25) is 0 Å². The standard InChI is InChI=1S/C19H16ClN3O2S/c1-2-25-19(24)17-8-12-7-14(4-5-16(12)26-17)21-9-15-11-23-10-13(20)3-6-18(23)22-15/h3-8,10-11,21H,2,9H2,1H3. The first kappa shape index (κ1) is 16.9. The van der Waals surface area contributed by atoms with Crippen LogP contribution in [-0.2, 0) is 11.3 Å². The van der Waals surface area contributed by atoms with Gasteiger partial charge >= 0.3 is 5.97 Å². The van der Waals surface area contributed by atoms with Crippen LogP contribution in [-0.4, -0.2) is 22.0 Å². The van der Waals surface area contributed by atoms with Gasteiger partial charge in [-0.1, -0.05) is 11.6 Å². The topological polar surface area (TPSA) is 55.6 Å². The minimum Gasteiger partial charge on any atom is -0.462 e. The Hall–Kier alpha value is -2.57. The molecule has 4 rings (SSSR count). The molecule has 0 saturated heterocycles. The molecule has 0 radical (unpaired) electrons. The molecule has 0 aliphatic rings. The summed E-state index contributed by atoms with van der Waals surface area (Å²) in [6.45, 7) is 2.78. The van der Waals surface area contributed by atoms with Crippen molar-refractivity contribution in [2.75, 3.05) is 11.9 Å². The summed E-state index contributed by atoms with van der Waals surface area (Å²) in [5, 5.41) is 5.07. The fourth-order valence-electron chi connectivity index (χ4n) is 2.75. The van der Waals surface area contributed by atoms with E-state index in [1.54, 1.807) is 6.92 Å². The number of halogens is 1. The number of hydrogen-bond donors (Lipinski definition) is 1. The van der Waals surface area contributed by atoms with Crippen LogP contribution in [0.4, 0.5) is 5.69 Å². The average molecular weight is 386 g/mol. The summed E-state index contributed by atoms with van der Waals surface area (Å²) in [5.41, 5.74) is 2.75. The molecule has 7 heteroatoms. The molecule has 0 amide bonds. The van der Waals surface area contributed by atoms with Crippen LogP contribution in [0.2, 0.25) is 5.02 Å². The van der Waals surface area contributed by atoms with E-state index in [2.05, 4.69) is 10.3 Å². The fourth-order valence-corrected chi connectivity index (χ4v) is 3.86. The van der Waals surface area contributed by atoms with Crippen LogP contribution in [0.25, 0.3) is 15.7 Å². The molecule has 26 heavy (non-hydrogen) atoms. The smallest absolute Gasteiger partial charge is 0.348 e. The van der Waals surface area contributed by atoms with Crippen LogP contribution in [0.15, 0.2) is 48.8 Å². The highest BCUT2D eigenvalue weighted by Gasteiger charge is 2.11. The Morgan fingerprint density at radius 3 is 3.00 bits per heavy atom. The number of carbonyl (C=O) groups is 1. The highest BCUT2D eigenvalue weighted by atomic mass is 35.5. The lowest BCUT2D eigenvalue weighted by Crippen LogP contribution is -2.01. The van der Waals surface area contributed by atoms with Gasteiger partial charge in [-0.15, -0.1) is 11.3 Å². The molecule has 5 nitrogen and oxygen atoms in total. The van der Waals surface area contributed by atoms with E-state index in [1.807, 2.05) is 53.2 Å². The van der Waals surface area contributed by atoms with Gasteiger partial charge in [0.25, 0.3) is 0 Å². The number of rotatable bonds is 5. The first-order valence-electron chi connectivity index (χ1n) is 8.20. The maximum Gasteiger partial charge on any atom is 0.348 e. The molecule has 0 atom stereocenters. The maximum absolute atomic E-state index is 11.9. The molecule has 0 fully saturated rings. The summed E-state index contributed by atoms with van der Waals surface area (Å²) in [6.07, 6.45) is 3.79. The molecule has 1 aromatic carbocycles. The van der Waals surface area contributed by atoms with Crippen LogP contribution in [0.5, 0.6) is 0 Å². The number of anilines is 1. The molecule has 1 N–H and O–H groups in total. The molecule has 0 unspecified atom stereocenters. The Morgan fingerprint density at radius 2 is 2.15 bits per heavy atom. The van der Waals surface area contributed by atoms with E-state index in [-0.39, 0.29) is 5.97 Å². The Kier molecular flexibility index (Phi) is 4.53. The second-order valence-electron chi connectivity index (χ2n) is 5.78. The number of benzene rings is 1. The number of carbonyl (C=O) groups excluding carboxylic acids is 1. The maximum atomic E-state index is 11.9. The minimum atomic E-state index is -0.272. The molecule has 0 bridgehead atoms. The summed E-state index contributed by atoms with van der Waals surface area (Å²) in [6, 6.07) is 11.6. The van der Waals surface area contributed by atoms with Crippen LogP contribution in [0.3, 0.4) is 0 Å². The van der Waals surface area contributed by atoms with Gasteiger partial charge in [0.05, 0.1) is 23.9 Å². The van der Waals surface area contributed by atoms with Crippen LogP contribution in [0, 0.1) is 0 Å². The van der Waals surface area contributed by atoms with E-state index in [9.17, 15) is 4.79 Å². The number of esters is 1. The minimum absolute atomic E-state index is 0.272. The van der Waals surface area contributed by atoms with Crippen molar-refractivity contribution in [1.82, 2.24) is 9.38 Å². The SMILES string of the molecule is CCOC(=O)c1cc2cc(NCc3cn4cc(Cl)ccc4n3)ccc2s1. The van der Waals surface area contributed by atoms with Crippen LogP contribution < -0.4 is 5.32 Å². The predicted octanol–water partition coefficient (Wildman–Crippen LogP) is 4.99. The molecule has 3 heterocycles. The van der Waals surface area contributed by atoms with E-state index in [0.29, 0.717) is 23.1 Å².